The van der Waals surface area contributed by atoms with E-state index in [2.05, 4.69) is 27.0 Å². The highest BCUT2D eigenvalue weighted by Crippen LogP contribution is 2.28. The Bertz CT molecular complexity index is 412. The molecule has 0 radical (unpaired) electrons. The number of anilines is 1. The molecular weight excluding hydrogens is 248 g/mol. The van der Waals surface area contributed by atoms with Crippen molar-refractivity contribution >= 4 is 33.1 Å². The number of nitrogens with two attached hydrogens (primary N) is 1. The fraction of sp³-hybridized carbons (Fsp3) is 0. The molecule has 0 aliphatic rings. The van der Waals surface area contributed by atoms with Gasteiger partial charge in [-0.15, -0.1) is 11.3 Å². The Balaban J connectivity index is 2.49. The lowest BCUT2D eigenvalue weighted by atomic mass is 10.2. The van der Waals surface area contributed by atoms with Gasteiger partial charge in [-0.1, -0.05) is 6.07 Å². The fourth-order valence-electron chi connectivity index (χ4n) is 1.03. The van der Waals surface area contributed by atoms with Crippen LogP contribution in [0.1, 0.15) is 0 Å². The number of halogens is 1. The van der Waals surface area contributed by atoms with Crippen LogP contribution >= 0.6 is 27.3 Å². The summed E-state index contributed by atoms with van der Waals surface area (Å²) in [5.41, 5.74) is 6.68. The van der Waals surface area contributed by atoms with Gasteiger partial charge in [0, 0.05) is 16.6 Å². The van der Waals surface area contributed by atoms with Gasteiger partial charge in [-0.3, -0.25) is 0 Å². The van der Waals surface area contributed by atoms with E-state index in [0.717, 1.165) is 10.0 Å². The van der Waals surface area contributed by atoms with E-state index in [0.29, 0.717) is 5.82 Å². The summed E-state index contributed by atoms with van der Waals surface area (Å²) < 4.78 is 0.846. The lowest BCUT2D eigenvalue weighted by Gasteiger charge is -1.99. The number of thiophene rings is 1. The summed E-state index contributed by atoms with van der Waals surface area (Å²) in [6, 6.07) is 6.06. The first-order chi connectivity index (χ1) is 6.27. The van der Waals surface area contributed by atoms with Crippen LogP contribution in [0.25, 0.3) is 10.4 Å². The normalized spacial score (nSPS) is 10.2. The third-order valence-electron chi connectivity index (χ3n) is 1.68. The number of hydrogen-bond acceptors (Lipinski definition) is 3. The average Bonchev–Trinajstić information content (AvgIpc) is 2.62. The maximum Gasteiger partial charge on any atom is 0.137 e. The minimum absolute atomic E-state index is 0.528. The molecule has 2 nitrogen and oxygen atoms in total. The zero-order chi connectivity index (χ0) is 9.26. The largest absolute Gasteiger partial charge is 0.383 e. The molecule has 13 heavy (non-hydrogen) atoms. The third kappa shape index (κ3) is 1.73. The maximum atomic E-state index is 5.59. The zero-order valence-corrected chi connectivity index (χ0v) is 9.10. The van der Waals surface area contributed by atoms with Crippen LogP contribution in [0.2, 0.25) is 0 Å². The van der Waals surface area contributed by atoms with Crippen LogP contribution < -0.4 is 5.73 Å². The monoisotopic (exact) mass is 254 g/mol. The van der Waals surface area contributed by atoms with Crippen molar-refractivity contribution in [1.82, 2.24) is 4.98 Å². The Hall–Kier alpha value is -0.870. The number of aromatic nitrogens is 1. The molecule has 2 aromatic rings. The first-order valence-electron chi connectivity index (χ1n) is 3.72. The Morgan fingerprint density at radius 3 is 2.92 bits per heavy atom. The Kier molecular flexibility index (Phi) is 2.33. The molecule has 0 amide bonds. The van der Waals surface area contributed by atoms with E-state index < -0.39 is 0 Å². The second-order valence-corrected chi connectivity index (χ2v) is 4.37. The van der Waals surface area contributed by atoms with Crippen LogP contribution in [0.4, 0.5) is 5.82 Å². The summed E-state index contributed by atoms with van der Waals surface area (Å²) in [4.78, 5) is 5.27. The Morgan fingerprint density at radius 2 is 2.31 bits per heavy atom. The molecule has 4 heteroatoms. The van der Waals surface area contributed by atoms with Crippen LogP contribution in [0.3, 0.4) is 0 Å². The molecule has 2 heterocycles. The van der Waals surface area contributed by atoms with Gasteiger partial charge in [-0.05, 0) is 33.4 Å². The first-order valence-corrected chi connectivity index (χ1v) is 5.39. The third-order valence-corrected chi connectivity index (χ3v) is 3.23. The lowest BCUT2D eigenvalue weighted by molar-refractivity contribution is 1.32. The van der Waals surface area contributed by atoms with E-state index in [1.165, 1.54) is 4.88 Å². The van der Waals surface area contributed by atoms with Crippen molar-refractivity contribution in [2.75, 3.05) is 5.73 Å². The summed E-state index contributed by atoms with van der Waals surface area (Å²) in [5, 5.41) is 2.04. The van der Waals surface area contributed by atoms with Crippen molar-refractivity contribution < 1.29 is 0 Å². The molecule has 0 saturated carbocycles. The molecule has 2 rings (SSSR count). The van der Waals surface area contributed by atoms with Gasteiger partial charge >= 0.3 is 0 Å². The predicted molar refractivity (Wildman–Crippen MR) is 59.7 cm³/mol. The molecule has 0 aliphatic carbocycles. The summed E-state index contributed by atoms with van der Waals surface area (Å²) in [6.07, 6.45) is 1.78. The maximum absolute atomic E-state index is 5.59. The molecular formula is C9H7BrN2S. The van der Waals surface area contributed by atoms with E-state index in [1.807, 2.05) is 17.5 Å². The van der Waals surface area contributed by atoms with Gasteiger partial charge in [0.25, 0.3) is 0 Å². The van der Waals surface area contributed by atoms with E-state index >= 15 is 0 Å². The van der Waals surface area contributed by atoms with Gasteiger partial charge in [0.15, 0.2) is 0 Å². The van der Waals surface area contributed by atoms with Crippen molar-refractivity contribution in [3.05, 3.63) is 34.2 Å². The topological polar surface area (TPSA) is 38.9 Å². The van der Waals surface area contributed by atoms with Crippen LogP contribution in [-0.2, 0) is 0 Å². The summed E-state index contributed by atoms with van der Waals surface area (Å²) in [5.74, 6) is 0.528. The number of nitrogen functional groups attached to an aromatic ring is 1. The van der Waals surface area contributed by atoms with Gasteiger partial charge in [0.2, 0.25) is 0 Å². The highest BCUT2D eigenvalue weighted by molar-refractivity contribution is 9.10. The van der Waals surface area contributed by atoms with Crippen molar-refractivity contribution in [2.24, 2.45) is 0 Å². The van der Waals surface area contributed by atoms with Crippen molar-refractivity contribution in [3.63, 3.8) is 0 Å². The van der Waals surface area contributed by atoms with Crippen molar-refractivity contribution in [3.8, 4) is 10.4 Å². The highest BCUT2D eigenvalue weighted by atomic mass is 79.9. The number of nitrogens with zero attached hydrogens (tertiary/aromatic N) is 1. The zero-order valence-electron chi connectivity index (χ0n) is 6.70. The minimum Gasteiger partial charge on any atom is -0.383 e. The SMILES string of the molecule is Nc1ncc(-c2cccs2)cc1Br. The van der Waals surface area contributed by atoms with Gasteiger partial charge < -0.3 is 5.73 Å². The molecule has 2 aromatic heterocycles. The van der Waals surface area contributed by atoms with Crippen LogP contribution in [-0.4, -0.2) is 4.98 Å². The molecule has 0 fully saturated rings. The van der Waals surface area contributed by atoms with E-state index in [4.69, 9.17) is 5.73 Å². The molecule has 66 valence electrons. The summed E-state index contributed by atoms with van der Waals surface area (Å²) >= 11 is 5.04. The quantitative estimate of drug-likeness (QED) is 0.850. The molecule has 0 aliphatic heterocycles. The first kappa shape index (κ1) is 8.72. The van der Waals surface area contributed by atoms with Crippen molar-refractivity contribution in [2.45, 2.75) is 0 Å². The van der Waals surface area contributed by atoms with E-state index in [1.54, 1.807) is 17.5 Å². The Labute approximate surface area is 88.6 Å². The molecule has 0 saturated heterocycles. The highest BCUT2D eigenvalue weighted by Gasteiger charge is 2.02. The number of hydrogen-bond donors (Lipinski definition) is 1. The number of rotatable bonds is 1. The lowest BCUT2D eigenvalue weighted by Crippen LogP contribution is -1.90. The van der Waals surface area contributed by atoms with E-state index in [-0.39, 0.29) is 0 Å². The van der Waals surface area contributed by atoms with E-state index in [9.17, 15) is 0 Å². The molecule has 0 unspecified atom stereocenters. The standard InChI is InChI=1S/C9H7BrN2S/c10-7-4-6(5-12-9(7)11)8-2-1-3-13-8/h1-5H,(H2,11,12). The number of pyridine rings is 1. The van der Waals surface area contributed by atoms with Crippen molar-refractivity contribution in [1.29, 1.82) is 0 Å². The van der Waals surface area contributed by atoms with Gasteiger partial charge in [0.1, 0.15) is 5.82 Å². The molecule has 0 aromatic carbocycles. The summed E-state index contributed by atoms with van der Waals surface area (Å²) in [7, 11) is 0. The van der Waals surface area contributed by atoms with Crippen LogP contribution in [0.5, 0.6) is 0 Å². The minimum atomic E-state index is 0.528. The Morgan fingerprint density at radius 1 is 1.46 bits per heavy atom. The van der Waals surface area contributed by atoms with Gasteiger partial charge in [-0.2, -0.15) is 0 Å². The van der Waals surface area contributed by atoms with Gasteiger partial charge in [0.05, 0.1) is 4.47 Å². The molecule has 0 spiro atoms. The van der Waals surface area contributed by atoms with Gasteiger partial charge in [-0.25, -0.2) is 4.98 Å². The molecule has 0 atom stereocenters. The predicted octanol–water partition coefficient (Wildman–Crippen LogP) is 3.15. The molecule has 0 bridgehead atoms. The van der Waals surface area contributed by atoms with Crippen LogP contribution in [0.15, 0.2) is 34.2 Å². The second kappa shape index (κ2) is 3.47. The summed E-state index contributed by atoms with van der Waals surface area (Å²) in [6.45, 7) is 0. The molecule has 2 N–H and O–H groups in total. The smallest absolute Gasteiger partial charge is 0.137 e. The fourth-order valence-corrected chi connectivity index (χ4v) is 2.08. The average molecular weight is 255 g/mol. The van der Waals surface area contributed by atoms with Crippen LogP contribution in [0, 0.1) is 0 Å². The second-order valence-electron chi connectivity index (χ2n) is 2.57.